The predicted octanol–water partition coefficient (Wildman–Crippen LogP) is 3.79. The van der Waals surface area contributed by atoms with Gasteiger partial charge in [0.1, 0.15) is 12.8 Å². The number of rotatable bonds is 4. The van der Waals surface area contributed by atoms with Gasteiger partial charge < -0.3 is 14.1 Å². The molecule has 0 saturated heterocycles. The van der Waals surface area contributed by atoms with Gasteiger partial charge in [0.15, 0.2) is 0 Å². The minimum Gasteiger partial charge on any atom is -0.480 e. The molecule has 0 spiro atoms. The SMILES string of the molecule is Cc1ccc2c(c1)c(Sc1nc(C)co1)c(C)n2CC(=O)O. The van der Waals surface area contributed by atoms with Crippen LogP contribution in [0, 0.1) is 20.8 Å². The van der Waals surface area contributed by atoms with Crippen molar-refractivity contribution in [3.63, 3.8) is 0 Å². The highest BCUT2D eigenvalue weighted by Gasteiger charge is 2.18. The molecular weight excluding hydrogens is 300 g/mol. The van der Waals surface area contributed by atoms with Crippen LogP contribution >= 0.6 is 11.8 Å². The van der Waals surface area contributed by atoms with Gasteiger partial charge in [0, 0.05) is 21.5 Å². The second-order valence-corrected chi connectivity index (χ2v) is 6.23. The van der Waals surface area contributed by atoms with Gasteiger partial charge in [-0.2, -0.15) is 0 Å². The second-order valence-electron chi connectivity index (χ2n) is 5.27. The first-order valence-corrected chi connectivity index (χ1v) is 7.68. The minimum absolute atomic E-state index is 0.0590. The molecule has 0 atom stereocenters. The lowest BCUT2D eigenvalue weighted by atomic mass is 10.2. The molecular formula is C16H16N2O3S. The van der Waals surface area contributed by atoms with Gasteiger partial charge in [-0.1, -0.05) is 11.6 Å². The Hall–Kier alpha value is -2.21. The molecule has 0 bridgehead atoms. The Balaban J connectivity index is 2.17. The molecule has 2 heterocycles. The van der Waals surface area contributed by atoms with Gasteiger partial charge in [0.05, 0.1) is 5.69 Å². The summed E-state index contributed by atoms with van der Waals surface area (Å²) in [7, 11) is 0. The monoisotopic (exact) mass is 316 g/mol. The van der Waals surface area contributed by atoms with Crippen molar-refractivity contribution in [3.05, 3.63) is 41.4 Å². The van der Waals surface area contributed by atoms with E-state index in [-0.39, 0.29) is 6.54 Å². The van der Waals surface area contributed by atoms with E-state index in [1.54, 1.807) is 6.26 Å². The summed E-state index contributed by atoms with van der Waals surface area (Å²) in [5.74, 6) is -0.857. The molecule has 0 aliphatic rings. The Morgan fingerprint density at radius 2 is 2.14 bits per heavy atom. The third kappa shape index (κ3) is 2.62. The van der Waals surface area contributed by atoms with Crippen LogP contribution in [-0.4, -0.2) is 20.6 Å². The number of hydrogen-bond donors (Lipinski definition) is 1. The van der Waals surface area contributed by atoms with Gasteiger partial charge in [-0.15, -0.1) is 0 Å². The maximum atomic E-state index is 11.1. The fourth-order valence-electron chi connectivity index (χ4n) is 2.50. The number of benzene rings is 1. The molecule has 1 aromatic carbocycles. The summed E-state index contributed by atoms with van der Waals surface area (Å²) >= 11 is 1.43. The summed E-state index contributed by atoms with van der Waals surface area (Å²) in [6, 6.07) is 6.02. The Morgan fingerprint density at radius 3 is 2.77 bits per heavy atom. The Morgan fingerprint density at radius 1 is 1.36 bits per heavy atom. The van der Waals surface area contributed by atoms with Crippen molar-refractivity contribution in [2.24, 2.45) is 0 Å². The summed E-state index contributed by atoms with van der Waals surface area (Å²) < 4.78 is 7.23. The van der Waals surface area contributed by atoms with E-state index in [1.165, 1.54) is 11.8 Å². The number of oxazole rings is 1. The number of hydrogen-bond acceptors (Lipinski definition) is 4. The molecule has 2 aromatic heterocycles. The summed E-state index contributed by atoms with van der Waals surface area (Å²) in [4.78, 5) is 16.4. The zero-order chi connectivity index (χ0) is 15.9. The van der Waals surface area contributed by atoms with E-state index in [2.05, 4.69) is 11.1 Å². The Bertz CT molecular complexity index is 864. The lowest BCUT2D eigenvalue weighted by Crippen LogP contribution is -2.09. The van der Waals surface area contributed by atoms with Crippen LogP contribution in [0.1, 0.15) is 17.0 Å². The first-order chi connectivity index (χ1) is 10.5. The number of carbonyl (C=O) groups is 1. The summed E-state index contributed by atoms with van der Waals surface area (Å²) in [5, 5.41) is 10.7. The molecule has 0 saturated carbocycles. The minimum atomic E-state index is -0.857. The number of fused-ring (bicyclic) bond motifs is 1. The van der Waals surface area contributed by atoms with Crippen LogP contribution < -0.4 is 0 Å². The molecule has 0 amide bonds. The molecule has 3 aromatic rings. The highest BCUT2D eigenvalue weighted by atomic mass is 32.2. The van der Waals surface area contributed by atoms with Crippen LogP contribution in [-0.2, 0) is 11.3 Å². The third-order valence-electron chi connectivity index (χ3n) is 3.50. The van der Waals surface area contributed by atoms with Crippen molar-refractivity contribution in [2.45, 2.75) is 37.4 Å². The van der Waals surface area contributed by atoms with E-state index in [1.807, 2.05) is 37.5 Å². The Labute approximate surface area is 132 Å². The molecule has 3 rings (SSSR count). The van der Waals surface area contributed by atoms with Crippen molar-refractivity contribution in [3.8, 4) is 0 Å². The van der Waals surface area contributed by atoms with Crippen molar-refractivity contribution in [1.82, 2.24) is 9.55 Å². The first-order valence-electron chi connectivity index (χ1n) is 6.87. The van der Waals surface area contributed by atoms with Gasteiger partial charge in [-0.3, -0.25) is 4.79 Å². The van der Waals surface area contributed by atoms with Crippen LogP contribution in [0.3, 0.4) is 0 Å². The van der Waals surface area contributed by atoms with E-state index in [0.29, 0.717) is 5.22 Å². The standard InChI is InChI=1S/C16H16N2O3S/c1-9-4-5-13-12(6-9)15(11(3)18(13)7-14(19)20)22-16-17-10(2)8-21-16/h4-6,8H,7H2,1-3H3,(H,19,20). The summed E-state index contributed by atoms with van der Waals surface area (Å²) in [5.41, 5.74) is 3.77. The summed E-state index contributed by atoms with van der Waals surface area (Å²) in [6.45, 7) is 5.76. The maximum absolute atomic E-state index is 11.1. The lowest BCUT2D eigenvalue weighted by Gasteiger charge is -2.04. The molecule has 22 heavy (non-hydrogen) atoms. The Kier molecular flexibility index (Phi) is 3.70. The smallest absolute Gasteiger partial charge is 0.323 e. The molecule has 0 radical (unpaired) electrons. The fraction of sp³-hybridized carbons (Fsp3) is 0.250. The molecule has 1 N–H and O–H groups in total. The number of carboxylic acids is 1. The van der Waals surface area contributed by atoms with Crippen LogP contribution in [0.5, 0.6) is 0 Å². The van der Waals surface area contributed by atoms with Gasteiger partial charge in [0.25, 0.3) is 5.22 Å². The molecule has 5 nitrogen and oxygen atoms in total. The van der Waals surface area contributed by atoms with E-state index in [4.69, 9.17) is 9.52 Å². The topological polar surface area (TPSA) is 68.3 Å². The molecule has 0 aliphatic heterocycles. The number of nitrogens with zero attached hydrogens (tertiary/aromatic N) is 2. The first kappa shape index (κ1) is 14.7. The van der Waals surface area contributed by atoms with Crippen LogP contribution in [0.25, 0.3) is 10.9 Å². The number of aromatic nitrogens is 2. The lowest BCUT2D eigenvalue weighted by molar-refractivity contribution is -0.137. The van der Waals surface area contributed by atoms with Gasteiger partial charge in [-0.25, -0.2) is 4.98 Å². The van der Waals surface area contributed by atoms with Gasteiger partial charge in [-0.05, 0) is 44.7 Å². The van der Waals surface area contributed by atoms with E-state index >= 15 is 0 Å². The average molecular weight is 316 g/mol. The van der Waals surface area contributed by atoms with E-state index in [0.717, 1.165) is 32.7 Å². The quantitative estimate of drug-likeness (QED) is 0.793. The molecule has 0 fully saturated rings. The van der Waals surface area contributed by atoms with Gasteiger partial charge in [0.2, 0.25) is 0 Å². The number of aliphatic carboxylic acids is 1. The van der Waals surface area contributed by atoms with Gasteiger partial charge >= 0.3 is 5.97 Å². The van der Waals surface area contributed by atoms with E-state index < -0.39 is 5.97 Å². The van der Waals surface area contributed by atoms with Crippen molar-refractivity contribution < 1.29 is 14.3 Å². The zero-order valence-electron chi connectivity index (χ0n) is 12.6. The number of carboxylic acid groups (broad SMARTS) is 1. The predicted molar refractivity (Wildman–Crippen MR) is 84.4 cm³/mol. The van der Waals surface area contributed by atoms with Crippen LogP contribution in [0.15, 0.2) is 39.0 Å². The normalized spacial score (nSPS) is 11.2. The van der Waals surface area contributed by atoms with Crippen LogP contribution in [0.2, 0.25) is 0 Å². The fourth-order valence-corrected chi connectivity index (χ4v) is 3.49. The molecule has 0 aliphatic carbocycles. The highest BCUT2D eigenvalue weighted by molar-refractivity contribution is 7.99. The highest BCUT2D eigenvalue weighted by Crippen LogP contribution is 2.38. The van der Waals surface area contributed by atoms with E-state index in [9.17, 15) is 4.79 Å². The summed E-state index contributed by atoms with van der Waals surface area (Å²) in [6.07, 6.45) is 1.61. The molecule has 0 unspecified atom stereocenters. The molecule has 6 heteroatoms. The van der Waals surface area contributed by atoms with Crippen molar-refractivity contribution in [1.29, 1.82) is 0 Å². The zero-order valence-corrected chi connectivity index (χ0v) is 13.4. The second kappa shape index (κ2) is 5.53. The van der Waals surface area contributed by atoms with Crippen LogP contribution in [0.4, 0.5) is 0 Å². The average Bonchev–Trinajstić information content (AvgIpc) is 2.96. The largest absolute Gasteiger partial charge is 0.480 e. The maximum Gasteiger partial charge on any atom is 0.323 e. The van der Waals surface area contributed by atoms with Crippen molar-refractivity contribution >= 4 is 28.6 Å². The van der Waals surface area contributed by atoms with Crippen molar-refractivity contribution in [2.75, 3.05) is 0 Å². The number of aryl methyl sites for hydroxylation is 2. The third-order valence-corrected chi connectivity index (χ3v) is 4.58. The molecule has 114 valence electrons.